The van der Waals surface area contributed by atoms with Crippen LogP contribution < -0.4 is 0 Å². The Labute approximate surface area is 228 Å². The predicted octanol–water partition coefficient (Wildman–Crippen LogP) is 10.2. The molecular weight excluding hydrogens is 492 g/mol. The third-order valence-corrected chi connectivity index (χ3v) is 9.26. The van der Waals surface area contributed by atoms with Crippen LogP contribution in [0.5, 0.6) is 0 Å². The molecule has 0 saturated heterocycles. The highest BCUT2D eigenvalue weighted by Gasteiger charge is 2.18. The monoisotopic (exact) mass is 514 g/mol. The lowest BCUT2D eigenvalue weighted by molar-refractivity contribution is 1.14. The Kier molecular flexibility index (Phi) is 4.24. The summed E-state index contributed by atoms with van der Waals surface area (Å²) in [5.41, 5.74) is 7.29. The van der Waals surface area contributed by atoms with Gasteiger partial charge in [0.25, 0.3) is 0 Å². The average molecular weight is 515 g/mol. The van der Waals surface area contributed by atoms with Crippen molar-refractivity contribution in [3.63, 3.8) is 0 Å². The first kappa shape index (κ1) is 21.1. The molecule has 0 saturated carbocycles. The minimum Gasteiger partial charge on any atom is -0.309 e. The highest BCUT2D eigenvalue weighted by molar-refractivity contribution is 7.26. The Balaban J connectivity index is 1.31. The van der Waals surface area contributed by atoms with Crippen molar-refractivity contribution in [2.45, 2.75) is 0 Å². The highest BCUT2D eigenvalue weighted by Crippen LogP contribution is 2.43. The maximum Gasteiger partial charge on any atom is 0.0548 e. The van der Waals surface area contributed by atoms with Crippen molar-refractivity contribution in [2.75, 3.05) is 0 Å². The lowest BCUT2D eigenvalue weighted by Crippen LogP contribution is -1.97. The zero-order chi connectivity index (χ0) is 25.5. The van der Waals surface area contributed by atoms with Crippen LogP contribution in [0.25, 0.3) is 75.2 Å². The van der Waals surface area contributed by atoms with E-state index in [0.29, 0.717) is 0 Å². The van der Waals surface area contributed by atoms with E-state index in [1.807, 2.05) is 11.3 Å². The van der Waals surface area contributed by atoms with Crippen molar-refractivity contribution >= 4 is 75.1 Å². The maximum atomic E-state index is 2.42. The molecule has 0 aliphatic carbocycles. The van der Waals surface area contributed by atoms with Gasteiger partial charge >= 0.3 is 0 Å². The quantitative estimate of drug-likeness (QED) is 0.217. The standard InChI is InChI=1S/C36H22N2S/c1-5-13-29-25(9-1)26-10-2-6-14-30(26)37(29)23-17-19-24(20-18-23)38-31-15-7-3-11-27(31)35-32(38)21-22-34-36(35)28-12-4-8-16-33(28)39-34/h1-22H. The SMILES string of the molecule is c1ccc2c(c1)sc1ccc3c(c4ccccc4n3-c3ccc(-n4c5ccccc5c5ccccc54)cc3)c12. The second kappa shape index (κ2) is 7.83. The lowest BCUT2D eigenvalue weighted by atomic mass is 10.1. The smallest absolute Gasteiger partial charge is 0.0548 e. The van der Waals surface area contributed by atoms with Gasteiger partial charge in [-0.25, -0.2) is 0 Å². The molecule has 0 N–H and O–H groups in total. The number of para-hydroxylation sites is 3. The second-order valence-corrected chi connectivity index (χ2v) is 11.3. The van der Waals surface area contributed by atoms with E-state index in [2.05, 4.69) is 143 Å². The van der Waals surface area contributed by atoms with Crippen LogP contribution in [0.15, 0.2) is 133 Å². The van der Waals surface area contributed by atoms with Crippen LogP contribution in [-0.4, -0.2) is 9.13 Å². The Morgan fingerprint density at radius 3 is 1.46 bits per heavy atom. The van der Waals surface area contributed by atoms with E-state index in [9.17, 15) is 0 Å². The summed E-state index contributed by atoms with van der Waals surface area (Å²) in [6.07, 6.45) is 0. The topological polar surface area (TPSA) is 9.86 Å². The lowest BCUT2D eigenvalue weighted by Gasteiger charge is -2.11. The summed E-state index contributed by atoms with van der Waals surface area (Å²) in [4.78, 5) is 0. The van der Waals surface area contributed by atoms with Crippen LogP contribution in [0.4, 0.5) is 0 Å². The molecule has 182 valence electrons. The van der Waals surface area contributed by atoms with E-state index in [1.165, 1.54) is 75.2 Å². The molecule has 0 atom stereocenters. The van der Waals surface area contributed by atoms with E-state index < -0.39 is 0 Å². The number of rotatable bonds is 2. The number of nitrogens with zero attached hydrogens (tertiary/aromatic N) is 2. The van der Waals surface area contributed by atoms with Crippen molar-refractivity contribution in [3.8, 4) is 11.4 Å². The number of hydrogen-bond acceptors (Lipinski definition) is 1. The fraction of sp³-hybridized carbons (Fsp3) is 0. The van der Waals surface area contributed by atoms with Crippen LogP contribution in [0.1, 0.15) is 0 Å². The van der Waals surface area contributed by atoms with Gasteiger partial charge in [-0.05, 0) is 60.7 Å². The molecule has 0 aliphatic rings. The molecule has 0 spiro atoms. The molecule has 9 rings (SSSR count). The number of thiophene rings is 1. The number of hydrogen-bond donors (Lipinski definition) is 0. The van der Waals surface area contributed by atoms with Crippen LogP contribution >= 0.6 is 11.3 Å². The fourth-order valence-corrected chi connectivity index (χ4v) is 7.62. The minimum absolute atomic E-state index is 1.17. The number of benzene rings is 6. The largest absolute Gasteiger partial charge is 0.309 e. The van der Waals surface area contributed by atoms with Gasteiger partial charge in [0.2, 0.25) is 0 Å². The van der Waals surface area contributed by atoms with Crippen molar-refractivity contribution in [2.24, 2.45) is 0 Å². The molecule has 6 aromatic carbocycles. The Morgan fingerprint density at radius 1 is 0.333 bits per heavy atom. The molecule has 39 heavy (non-hydrogen) atoms. The first-order chi connectivity index (χ1) is 19.4. The summed E-state index contributed by atoms with van der Waals surface area (Å²) in [5.74, 6) is 0. The number of fused-ring (bicyclic) bond motifs is 10. The van der Waals surface area contributed by atoms with Gasteiger partial charge in [-0.1, -0.05) is 72.8 Å². The molecule has 3 heterocycles. The summed E-state index contributed by atoms with van der Waals surface area (Å²) in [6, 6.07) is 48.6. The van der Waals surface area contributed by atoms with Crippen LogP contribution in [0.2, 0.25) is 0 Å². The Morgan fingerprint density at radius 2 is 0.821 bits per heavy atom. The molecule has 0 fully saturated rings. The molecule has 0 amide bonds. The maximum absolute atomic E-state index is 2.42. The normalized spacial score (nSPS) is 12.1. The molecule has 3 aromatic heterocycles. The van der Waals surface area contributed by atoms with Gasteiger partial charge in [-0.3, -0.25) is 0 Å². The Bertz CT molecular complexity index is 2330. The van der Waals surface area contributed by atoms with Gasteiger partial charge in [0, 0.05) is 53.1 Å². The van der Waals surface area contributed by atoms with Gasteiger partial charge in [0.1, 0.15) is 0 Å². The Hall–Kier alpha value is -4.86. The first-order valence-corrected chi connectivity index (χ1v) is 14.1. The molecule has 0 radical (unpaired) electrons. The third kappa shape index (κ3) is 2.85. The van der Waals surface area contributed by atoms with Gasteiger partial charge in [-0.15, -0.1) is 11.3 Å². The summed E-state index contributed by atoms with van der Waals surface area (Å²) >= 11 is 1.88. The van der Waals surface area contributed by atoms with Crippen molar-refractivity contribution in [3.05, 3.63) is 133 Å². The van der Waals surface area contributed by atoms with Crippen molar-refractivity contribution in [1.29, 1.82) is 0 Å². The summed E-state index contributed by atoms with van der Waals surface area (Å²) in [5, 5.41) is 7.91. The molecule has 9 aromatic rings. The summed E-state index contributed by atoms with van der Waals surface area (Å²) < 4.78 is 7.48. The van der Waals surface area contributed by atoms with Crippen molar-refractivity contribution < 1.29 is 0 Å². The first-order valence-electron chi connectivity index (χ1n) is 13.3. The highest BCUT2D eigenvalue weighted by atomic mass is 32.1. The summed E-state index contributed by atoms with van der Waals surface area (Å²) in [7, 11) is 0. The summed E-state index contributed by atoms with van der Waals surface area (Å²) in [6.45, 7) is 0. The number of aromatic nitrogens is 2. The van der Waals surface area contributed by atoms with E-state index in [4.69, 9.17) is 0 Å². The zero-order valence-corrected chi connectivity index (χ0v) is 21.8. The second-order valence-electron chi connectivity index (χ2n) is 10.2. The van der Waals surface area contributed by atoms with Crippen LogP contribution in [0, 0.1) is 0 Å². The molecule has 2 nitrogen and oxygen atoms in total. The molecular formula is C36H22N2S. The van der Waals surface area contributed by atoms with Crippen LogP contribution in [-0.2, 0) is 0 Å². The van der Waals surface area contributed by atoms with Gasteiger partial charge in [-0.2, -0.15) is 0 Å². The third-order valence-electron chi connectivity index (χ3n) is 8.12. The van der Waals surface area contributed by atoms with E-state index >= 15 is 0 Å². The molecule has 3 heteroatoms. The van der Waals surface area contributed by atoms with Crippen LogP contribution in [0.3, 0.4) is 0 Å². The molecule has 0 unspecified atom stereocenters. The minimum atomic E-state index is 1.17. The molecule has 0 bridgehead atoms. The molecule has 0 aliphatic heterocycles. The van der Waals surface area contributed by atoms with E-state index in [-0.39, 0.29) is 0 Å². The van der Waals surface area contributed by atoms with E-state index in [0.717, 1.165) is 0 Å². The van der Waals surface area contributed by atoms with Gasteiger partial charge in [0.15, 0.2) is 0 Å². The average Bonchev–Trinajstić information content (AvgIpc) is 3.65. The fourth-order valence-electron chi connectivity index (χ4n) is 6.50. The van der Waals surface area contributed by atoms with Crippen molar-refractivity contribution in [1.82, 2.24) is 9.13 Å². The van der Waals surface area contributed by atoms with E-state index in [1.54, 1.807) is 0 Å². The zero-order valence-electron chi connectivity index (χ0n) is 21.0. The predicted molar refractivity (Wildman–Crippen MR) is 168 cm³/mol. The van der Waals surface area contributed by atoms with Gasteiger partial charge in [0.05, 0.1) is 22.1 Å². The van der Waals surface area contributed by atoms with Gasteiger partial charge < -0.3 is 9.13 Å².